The van der Waals surface area contributed by atoms with Gasteiger partial charge >= 0.3 is 30.0 Å². The highest BCUT2D eigenvalue weighted by Gasteiger charge is 2.15. The van der Waals surface area contributed by atoms with E-state index in [4.69, 9.17) is 28.4 Å². The van der Waals surface area contributed by atoms with Crippen LogP contribution in [0.15, 0.2) is 104 Å². The molecule has 11 nitrogen and oxygen atoms in total. The van der Waals surface area contributed by atoms with Crippen LogP contribution in [0.2, 0.25) is 0 Å². The van der Waals surface area contributed by atoms with Crippen molar-refractivity contribution in [1.82, 2.24) is 0 Å². The van der Waals surface area contributed by atoms with Crippen LogP contribution < -0.4 is 18.9 Å². The zero-order chi connectivity index (χ0) is 35.9. The van der Waals surface area contributed by atoms with Gasteiger partial charge < -0.3 is 28.4 Å². The van der Waals surface area contributed by atoms with Gasteiger partial charge in [0.1, 0.15) is 23.0 Å². The van der Waals surface area contributed by atoms with Crippen molar-refractivity contribution in [3.63, 3.8) is 0 Å². The summed E-state index contributed by atoms with van der Waals surface area (Å²) in [4.78, 5) is 60.8. The van der Waals surface area contributed by atoms with Crippen molar-refractivity contribution in [2.75, 3.05) is 13.2 Å². The predicted octanol–water partition coefficient (Wildman–Crippen LogP) is 7.77. The van der Waals surface area contributed by atoms with E-state index >= 15 is 0 Å². The van der Waals surface area contributed by atoms with Gasteiger partial charge in [-0.2, -0.15) is 0 Å². The molecular formula is C39H36O11. The summed E-state index contributed by atoms with van der Waals surface area (Å²) in [6, 6.07) is 23.3. The molecule has 4 rings (SSSR count). The summed E-state index contributed by atoms with van der Waals surface area (Å²) < 4.78 is 31.5. The average Bonchev–Trinajstić information content (AvgIpc) is 3.11. The molecule has 0 saturated heterocycles. The molecule has 0 atom stereocenters. The lowest BCUT2D eigenvalue weighted by Crippen LogP contribution is -2.12. The Kier molecular flexibility index (Phi) is 13.4. The summed E-state index contributed by atoms with van der Waals surface area (Å²) in [6.07, 6.45) is 3.17. The number of esters is 4. The second-order valence-corrected chi connectivity index (χ2v) is 11.0. The average molecular weight is 681 g/mol. The molecule has 4 aromatic carbocycles. The summed E-state index contributed by atoms with van der Waals surface area (Å²) in [5.74, 6) is -1.26. The molecule has 4 aromatic rings. The normalized spacial score (nSPS) is 10.4. The maximum atomic E-state index is 12.7. The molecule has 0 heterocycles. The van der Waals surface area contributed by atoms with Crippen LogP contribution in [0.25, 0.3) is 0 Å². The van der Waals surface area contributed by atoms with Crippen LogP contribution in [0.4, 0.5) is 4.79 Å². The number of rotatable bonds is 15. The van der Waals surface area contributed by atoms with E-state index in [1.165, 1.54) is 54.6 Å². The van der Waals surface area contributed by atoms with Gasteiger partial charge in [-0.05, 0) is 124 Å². The monoisotopic (exact) mass is 680 g/mol. The molecule has 0 saturated carbocycles. The number of carbonyl (C=O) groups is 5. The number of benzene rings is 4. The number of unbranched alkanes of at least 4 members (excludes halogenated alkanes) is 3. The van der Waals surface area contributed by atoms with Gasteiger partial charge in [-0.25, -0.2) is 24.0 Å². The van der Waals surface area contributed by atoms with Crippen molar-refractivity contribution in [3.8, 4) is 23.0 Å². The Morgan fingerprint density at radius 3 is 1.54 bits per heavy atom. The molecule has 0 spiro atoms. The largest absolute Gasteiger partial charge is 0.513 e. The van der Waals surface area contributed by atoms with Gasteiger partial charge in [-0.3, -0.25) is 0 Å². The SMILES string of the molecule is C=CC(=O)OCCCCCCOC(=O)Oc1ccc(C(=O)Oc2ccc(C(=O)Oc3ccc(OC(=O)c4ccc(C)cc4)c(C)c3)cc2)cc1. The van der Waals surface area contributed by atoms with E-state index in [0.29, 0.717) is 36.3 Å². The number of hydrogen-bond acceptors (Lipinski definition) is 11. The van der Waals surface area contributed by atoms with E-state index in [1.807, 2.05) is 19.1 Å². The van der Waals surface area contributed by atoms with Gasteiger partial charge in [-0.1, -0.05) is 24.3 Å². The zero-order valence-corrected chi connectivity index (χ0v) is 27.7. The van der Waals surface area contributed by atoms with E-state index in [9.17, 15) is 24.0 Å². The lowest BCUT2D eigenvalue weighted by Gasteiger charge is -2.10. The minimum Gasteiger partial charge on any atom is -0.463 e. The number of carbonyl (C=O) groups excluding carboxylic acids is 5. The molecule has 0 aromatic heterocycles. The van der Waals surface area contributed by atoms with Crippen molar-refractivity contribution in [2.24, 2.45) is 0 Å². The molecular weight excluding hydrogens is 644 g/mol. The summed E-state index contributed by atoms with van der Waals surface area (Å²) in [5, 5.41) is 0. The summed E-state index contributed by atoms with van der Waals surface area (Å²) in [5.41, 5.74) is 2.47. The Bertz CT molecular complexity index is 1810. The van der Waals surface area contributed by atoms with Crippen molar-refractivity contribution in [1.29, 1.82) is 0 Å². The fraction of sp³-hybridized carbons (Fsp3) is 0.205. The second kappa shape index (κ2) is 18.3. The fourth-order valence-electron chi connectivity index (χ4n) is 4.37. The Morgan fingerprint density at radius 1 is 0.540 bits per heavy atom. The Hall–Kier alpha value is -6.23. The first-order valence-electron chi connectivity index (χ1n) is 15.8. The summed E-state index contributed by atoms with van der Waals surface area (Å²) in [6.45, 7) is 7.47. The first-order chi connectivity index (χ1) is 24.1. The van der Waals surface area contributed by atoms with Crippen LogP contribution in [-0.4, -0.2) is 43.2 Å². The van der Waals surface area contributed by atoms with Gasteiger partial charge in [0.05, 0.1) is 29.9 Å². The van der Waals surface area contributed by atoms with E-state index in [0.717, 1.165) is 24.5 Å². The lowest BCUT2D eigenvalue weighted by molar-refractivity contribution is -0.137. The van der Waals surface area contributed by atoms with Crippen molar-refractivity contribution >= 4 is 30.0 Å². The van der Waals surface area contributed by atoms with Gasteiger partial charge in [0.25, 0.3) is 0 Å². The predicted molar refractivity (Wildman–Crippen MR) is 182 cm³/mol. The van der Waals surface area contributed by atoms with Crippen LogP contribution >= 0.6 is 0 Å². The van der Waals surface area contributed by atoms with E-state index in [-0.39, 0.29) is 35.0 Å². The highest BCUT2D eigenvalue weighted by atomic mass is 16.7. The smallest absolute Gasteiger partial charge is 0.463 e. The quantitative estimate of drug-likeness (QED) is 0.0400. The maximum absolute atomic E-state index is 12.7. The van der Waals surface area contributed by atoms with Crippen LogP contribution in [0.3, 0.4) is 0 Å². The third kappa shape index (κ3) is 11.5. The Balaban J connectivity index is 1.18. The molecule has 0 aliphatic heterocycles. The third-order valence-corrected chi connectivity index (χ3v) is 7.11. The molecule has 0 fully saturated rings. The van der Waals surface area contributed by atoms with Gasteiger partial charge in [0, 0.05) is 6.08 Å². The number of ether oxygens (including phenoxy) is 6. The molecule has 0 radical (unpaired) electrons. The highest BCUT2D eigenvalue weighted by molar-refractivity contribution is 5.93. The highest BCUT2D eigenvalue weighted by Crippen LogP contribution is 2.26. The van der Waals surface area contributed by atoms with Gasteiger partial charge in [0.15, 0.2) is 0 Å². The lowest BCUT2D eigenvalue weighted by atomic mass is 10.1. The molecule has 11 heteroatoms. The van der Waals surface area contributed by atoms with E-state index < -0.39 is 30.0 Å². The van der Waals surface area contributed by atoms with Gasteiger partial charge in [-0.15, -0.1) is 0 Å². The Morgan fingerprint density at radius 2 is 1.00 bits per heavy atom. The second-order valence-electron chi connectivity index (χ2n) is 11.0. The summed E-state index contributed by atoms with van der Waals surface area (Å²) >= 11 is 0. The van der Waals surface area contributed by atoms with E-state index in [1.54, 1.807) is 31.2 Å². The Labute approximate surface area is 289 Å². The molecule has 0 aliphatic rings. The molecule has 0 bridgehead atoms. The van der Waals surface area contributed by atoms with Gasteiger partial charge in [0.2, 0.25) is 0 Å². The van der Waals surface area contributed by atoms with Crippen molar-refractivity contribution in [2.45, 2.75) is 39.5 Å². The van der Waals surface area contributed by atoms with Crippen molar-refractivity contribution in [3.05, 3.63) is 131 Å². The van der Waals surface area contributed by atoms with Crippen LogP contribution in [-0.2, 0) is 14.3 Å². The molecule has 258 valence electrons. The standard InChI is InChI=1S/C39H36O11/c1-4-35(40)45-23-7-5-6-8-24-46-39(44)49-32-19-15-29(16-20-32)36(41)47-31-17-13-30(14-18-31)37(42)48-33-21-22-34(27(3)25-33)50-38(43)28-11-9-26(2)10-12-28/h4,9-22,25H,1,5-8,23-24H2,2-3H3. The first-order valence-corrected chi connectivity index (χ1v) is 15.8. The zero-order valence-electron chi connectivity index (χ0n) is 27.7. The fourth-order valence-corrected chi connectivity index (χ4v) is 4.37. The molecule has 0 aliphatic carbocycles. The molecule has 0 N–H and O–H groups in total. The summed E-state index contributed by atoms with van der Waals surface area (Å²) in [7, 11) is 0. The topological polar surface area (TPSA) is 141 Å². The first kappa shape index (κ1) is 36.6. The van der Waals surface area contributed by atoms with Crippen molar-refractivity contribution < 1.29 is 52.4 Å². The molecule has 0 amide bonds. The molecule has 0 unspecified atom stereocenters. The van der Waals surface area contributed by atoms with Crippen LogP contribution in [0.5, 0.6) is 23.0 Å². The maximum Gasteiger partial charge on any atom is 0.513 e. The third-order valence-electron chi connectivity index (χ3n) is 7.11. The van der Waals surface area contributed by atoms with Crippen LogP contribution in [0.1, 0.15) is 67.9 Å². The minimum atomic E-state index is -0.870. The molecule has 50 heavy (non-hydrogen) atoms. The number of aryl methyl sites for hydroxylation is 2. The van der Waals surface area contributed by atoms with Crippen LogP contribution in [0, 0.1) is 13.8 Å². The minimum absolute atomic E-state index is 0.174. The van der Waals surface area contributed by atoms with E-state index in [2.05, 4.69) is 6.58 Å². The number of hydrogen-bond donors (Lipinski definition) is 0.